The van der Waals surface area contributed by atoms with Crippen LogP contribution in [0.5, 0.6) is 0 Å². The second kappa shape index (κ2) is 4.40. The molecule has 15 heavy (non-hydrogen) atoms. The highest BCUT2D eigenvalue weighted by Gasteiger charge is 2.27. The molecule has 0 amide bonds. The maximum absolute atomic E-state index is 12.7. The number of halogens is 1. The van der Waals surface area contributed by atoms with Crippen LogP contribution < -0.4 is 5.32 Å². The second-order valence-corrected chi connectivity index (χ2v) is 3.66. The summed E-state index contributed by atoms with van der Waals surface area (Å²) in [6.07, 6.45) is -0.0465. The minimum absolute atomic E-state index is 0.0465. The summed E-state index contributed by atoms with van der Waals surface area (Å²) in [7, 11) is 1.69. The second-order valence-electron chi connectivity index (χ2n) is 3.66. The van der Waals surface area contributed by atoms with E-state index in [1.807, 2.05) is 0 Å². The van der Waals surface area contributed by atoms with E-state index in [0.29, 0.717) is 0 Å². The molecule has 0 aliphatic rings. The molecule has 0 aromatic heterocycles. The Labute approximate surface area is 87.9 Å². The Morgan fingerprint density at radius 1 is 1.47 bits per heavy atom. The van der Waals surface area contributed by atoms with Crippen LogP contribution in [0.25, 0.3) is 0 Å². The van der Waals surface area contributed by atoms with Gasteiger partial charge in [-0.25, -0.2) is 4.39 Å². The maximum atomic E-state index is 12.7. The van der Waals surface area contributed by atoms with E-state index in [-0.39, 0.29) is 12.2 Å². The van der Waals surface area contributed by atoms with E-state index in [1.165, 1.54) is 12.1 Å². The van der Waals surface area contributed by atoms with Crippen molar-refractivity contribution in [3.8, 4) is 0 Å². The van der Waals surface area contributed by atoms with E-state index in [9.17, 15) is 9.18 Å². The van der Waals surface area contributed by atoms with Crippen LogP contribution in [0.15, 0.2) is 24.3 Å². The number of carboxylic acid groups (broad SMARTS) is 1. The quantitative estimate of drug-likeness (QED) is 0.797. The number of benzene rings is 1. The first-order valence-corrected chi connectivity index (χ1v) is 4.65. The molecule has 0 bridgehead atoms. The van der Waals surface area contributed by atoms with Crippen LogP contribution in [0.2, 0.25) is 0 Å². The van der Waals surface area contributed by atoms with E-state index in [4.69, 9.17) is 5.11 Å². The fourth-order valence-electron chi connectivity index (χ4n) is 1.45. The summed E-state index contributed by atoms with van der Waals surface area (Å²) in [6.45, 7) is 1.77. The van der Waals surface area contributed by atoms with Gasteiger partial charge in [-0.3, -0.25) is 4.79 Å². The number of carboxylic acids is 1. The van der Waals surface area contributed by atoms with Crippen molar-refractivity contribution in [1.29, 1.82) is 0 Å². The highest BCUT2D eigenvalue weighted by molar-refractivity contribution is 5.68. The lowest BCUT2D eigenvalue weighted by Gasteiger charge is -2.28. The standard InChI is InChI=1S/C11H14FNO2/c1-11(13-2,7-10(14)15)8-3-5-9(12)6-4-8/h3-6,13H,7H2,1-2H3,(H,14,15). The predicted molar refractivity (Wildman–Crippen MR) is 55.1 cm³/mol. The van der Waals surface area contributed by atoms with Crippen molar-refractivity contribution in [2.45, 2.75) is 18.9 Å². The van der Waals surface area contributed by atoms with Crippen LogP contribution in [0.1, 0.15) is 18.9 Å². The van der Waals surface area contributed by atoms with Crippen molar-refractivity contribution >= 4 is 5.97 Å². The van der Waals surface area contributed by atoms with Gasteiger partial charge in [-0.1, -0.05) is 12.1 Å². The summed E-state index contributed by atoms with van der Waals surface area (Å²) in [5, 5.41) is 11.7. The van der Waals surface area contributed by atoms with Gasteiger partial charge in [-0.05, 0) is 31.7 Å². The van der Waals surface area contributed by atoms with Gasteiger partial charge in [0, 0.05) is 0 Å². The molecule has 2 N–H and O–H groups in total. The molecule has 1 atom stereocenters. The first-order chi connectivity index (χ1) is 6.98. The van der Waals surface area contributed by atoms with Gasteiger partial charge >= 0.3 is 5.97 Å². The van der Waals surface area contributed by atoms with Crippen molar-refractivity contribution < 1.29 is 14.3 Å². The third kappa shape index (κ3) is 2.76. The van der Waals surface area contributed by atoms with Gasteiger partial charge in [0.15, 0.2) is 0 Å². The highest BCUT2D eigenvalue weighted by atomic mass is 19.1. The molecule has 82 valence electrons. The van der Waals surface area contributed by atoms with Crippen molar-refractivity contribution in [1.82, 2.24) is 5.32 Å². The summed E-state index contributed by atoms with van der Waals surface area (Å²) in [5.41, 5.74) is 0.0910. The molecule has 4 heteroatoms. The Bertz CT molecular complexity index is 350. The number of rotatable bonds is 4. The van der Waals surface area contributed by atoms with Crippen LogP contribution in [-0.4, -0.2) is 18.1 Å². The Kier molecular flexibility index (Phi) is 3.42. The molecule has 0 fully saturated rings. The lowest BCUT2D eigenvalue weighted by atomic mass is 9.89. The monoisotopic (exact) mass is 211 g/mol. The molecular weight excluding hydrogens is 197 g/mol. The van der Waals surface area contributed by atoms with Crippen LogP contribution in [0.3, 0.4) is 0 Å². The molecule has 3 nitrogen and oxygen atoms in total. The summed E-state index contributed by atoms with van der Waals surface area (Å²) < 4.78 is 12.7. The van der Waals surface area contributed by atoms with Gasteiger partial charge in [0.25, 0.3) is 0 Å². The minimum atomic E-state index is -0.892. The lowest BCUT2D eigenvalue weighted by molar-refractivity contribution is -0.138. The number of hydrogen-bond donors (Lipinski definition) is 2. The third-order valence-corrected chi connectivity index (χ3v) is 2.54. The first-order valence-electron chi connectivity index (χ1n) is 4.65. The van der Waals surface area contributed by atoms with E-state index in [2.05, 4.69) is 5.32 Å². The number of aliphatic carboxylic acids is 1. The summed E-state index contributed by atoms with van der Waals surface area (Å²) >= 11 is 0. The van der Waals surface area contributed by atoms with Crippen molar-refractivity contribution in [2.75, 3.05) is 7.05 Å². The summed E-state index contributed by atoms with van der Waals surface area (Å²) in [4.78, 5) is 10.7. The van der Waals surface area contributed by atoms with E-state index in [1.54, 1.807) is 26.1 Å². The Hall–Kier alpha value is -1.42. The van der Waals surface area contributed by atoms with Crippen LogP contribution in [-0.2, 0) is 10.3 Å². The Morgan fingerprint density at radius 3 is 2.40 bits per heavy atom. The van der Waals surface area contributed by atoms with E-state index in [0.717, 1.165) is 5.56 Å². The molecule has 0 aliphatic carbocycles. The Balaban J connectivity index is 3.00. The fraction of sp³-hybridized carbons (Fsp3) is 0.364. The molecule has 1 aromatic rings. The van der Waals surface area contributed by atoms with Crippen molar-refractivity contribution in [2.24, 2.45) is 0 Å². The lowest BCUT2D eigenvalue weighted by Crippen LogP contribution is -2.38. The molecule has 1 unspecified atom stereocenters. The zero-order chi connectivity index (χ0) is 11.5. The molecule has 0 saturated carbocycles. The number of nitrogens with one attached hydrogen (secondary N) is 1. The largest absolute Gasteiger partial charge is 0.481 e. The molecule has 0 saturated heterocycles. The zero-order valence-corrected chi connectivity index (χ0v) is 8.75. The van der Waals surface area contributed by atoms with Crippen LogP contribution >= 0.6 is 0 Å². The molecule has 0 heterocycles. The normalized spacial score (nSPS) is 14.6. The summed E-state index contributed by atoms with van der Waals surface area (Å²) in [6, 6.07) is 5.84. The van der Waals surface area contributed by atoms with Crippen molar-refractivity contribution in [3.05, 3.63) is 35.6 Å². The SMILES string of the molecule is CNC(C)(CC(=O)O)c1ccc(F)cc1. The third-order valence-electron chi connectivity index (χ3n) is 2.54. The smallest absolute Gasteiger partial charge is 0.305 e. The first kappa shape index (κ1) is 11.7. The van der Waals surface area contributed by atoms with Crippen LogP contribution in [0.4, 0.5) is 4.39 Å². The molecule has 0 radical (unpaired) electrons. The molecule has 0 aliphatic heterocycles. The van der Waals surface area contributed by atoms with Gasteiger partial charge in [0.05, 0.1) is 12.0 Å². The van der Waals surface area contributed by atoms with Gasteiger partial charge < -0.3 is 10.4 Å². The number of carbonyl (C=O) groups is 1. The number of hydrogen-bond acceptors (Lipinski definition) is 2. The average molecular weight is 211 g/mol. The highest BCUT2D eigenvalue weighted by Crippen LogP contribution is 2.24. The maximum Gasteiger partial charge on any atom is 0.305 e. The fourth-order valence-corrected chi connectivity index (χ4v) is 1.45. The zero-order valence-electron chi connectivity index (χ0n) is 8.75. The minimum Gasteiger partial charge on any atom is -0.481 e. The molecule has 0 spiro atoms. The van der Waals surface area contributed by atoms with Gasteiger partial charge in [0.1, 0.15) is 5.82 Å². The van der Waals surface area contributed by atoms with E-state index < -0.39 is 11.5 Å². The van der Waals surface area contributed by atoms with Gasteiger partial charge in [-0.2, -0.15) is 0 Å². The summed E-state index contributed by atoms with van der Waals surface area (Å²) in [5.74, 6) is -1.22. The van der Waals surface area contributed by atoms with Crippen molar-refractivity contribution in [3.63, 3.8) is 0 Å². The Morgan fingerprint density at radius 2 is 2.00 bits per heavy atom. The van der Waals surface area contributed by atoms with E-state index >= 15 is 0 Å². The molecule has 1 rings (SSSR count). The van der Waals surface area contributed by atoms with Gasteiger partial charge in [0.2, 0.25) is 0 Å². The predicted octanol–water partition coefficient (Wildman–Crippen LogP) is 1.73. The molecular formula is C11H14FNO2. The average Bonchev–Trinajstić information content (AvgIpc) is 2.17. The molecule has 1 aromatic carbocycles. The van der Waals surface area contributed by atoms with Crippen LogP contribution in [0, 0.1) is 5.82 Å². The van der Waals surface area contributed by atoms with Gasteiger partial charge in [-0.15, -0.1) is 0 Å². The topological polar surface area (TPSA) is 49.3 Å².